The highest BCUT2D eigenvalue weighted by Crippen LogP contribution is 2.29. The molecule has 0 N–H and O–H groups in total. The zero-order valence-electron chi connectivity index (χ0n) is 18.9. The molecule has 4 rings (SSSR count). The van der Waals surface area contributed by atoms with Gasteiger partial charge in [0.15, 0.2) is 5.11 Å². The van der Waals surface area contributed by atoms with Gasteiger partial charge in [0.1, 0.15) is 5.57 Å². The van der Waals surface area contributed by atoms with Gasteiger partial charge in [-0.1, -0.05) is 11.6 Å². The van der Waals surface area contributed by atoms with E-state index in [1.165, 1.54) is 9.80 Å². The Hall–Kier alpha value is -3.73. The number of carbonyl (C=O) groups is 2. The number of rotatable bonds is 4. The molecule has 0 unspecified atom stereocenters. The zero-order chi connectivity index (χ0) is 24.6. The van der Waals surface area contributed by atoms with Crippen molar-refractivity contribution in [3.05, 3.63) is 87.7 Å². The lowest BCUT2D eigenvalue weighted by molar-refractivity contribution is -0.127. The van der Waals surface area contributed by atoms with Gasteiger partial charge in [-0.2, -0.15) is 5.26 Å². The van der Waals surface area contributed by atoms with Gasteiger partial charge < -0.3 is 4.57 Å². The Labute approximate surface area is 208 Å². The minimum absolute atomic E-state index is 0.0329. The highest BCUT2D eigenvalue weighted by Gasteiger charge is 2.39. The van der Waals surface area contributed by atoms with Gasteiger partial charge >= 0.3 is 0 Å². The molecule has 2 amide bonds. The molecule has 1 aliphatic heterocycles. The quantitative estimate of drug-likeness (QED) is 0.288. The molecule has 6 nitrogen and oxygen atoms in total. The molecule has 0 bridgehead atoms. The van der Waals surface area contributed by atoms with Crippen LogP contribution in [0.25, 0.3) is 11.8 Å². The van der Waals surface area contributed by atoms with E-state index in [1.807, 2.05) is 43.5 Å². The predicted octanol–water partition coefficient (Wildman–Crippen LogP) is 5.18. The van der Waals surface area contributed by atoms with Crippen molar-refractivity contribution in [1.82, 2.24) is 9.47 Å². The van der Waals surface area contributed by atoms with Gasteiger partial charge in [0, 0.05) is 28.6 Å². The Bertz CT molecular complexity index is 1380. The lowest BCUT2D eigenvalue weighted by Crippen LogP contribution is -2.56. The first-order valence-corrected chi connectivity index (χ1v) is 11.4. The monoisotopic (exact) mass is 488 g/mol. The van der Waals surface area contributed by atoms with Crippen molar-refractivity contribution in [3.63, 3.8) is 0 Å². The molecule has 0 radical (unpaired) electrons. The van der Waals surface area contributed by atoms with E-state index >= 15 is 0 Å². The molecule has 0 atom stereocenters. The van der Waals surface area contributed by atoms with E-state index in [9.17, 15) is 9.59 Å². The van der Waals surface area contributed by atoms with Gasteiger partial charge in [0.2, 0.25) is 0 Å². The van der Waals surface area contributed by atoms with Gasteiger partial charge in [0.25, 0.3) is 11.8 Å². The summed E-state index contributed by atoms with van der Waals surface area (Å²) in [4.78, 5) is 29.5. The molecule has 0 spiro atoms. The van der Waals surface area contributed by atoms with Crippen molar-refractivity contribution >= 4 is 52.5 Å². The summed E-state index contributed by atoms with van der Waals surface area (Å²) in [5.41, 5.74) is 4.58. The second-order valence-electron chi connectivity index (χ2n) is 7.83. The van der Waals surface area contributed by atoms with Crippen LogP contribution in [0.15, 0.2) is 60.2 Å². The van der Waals surface area contributed by atoms with E-state index in [1.54, 1.807) is 42.5 Å². The van der Waals surface area contributed by atoms with E-state index in [4.69, 9.17) is 29.1 Å². The lowest BCUT2D eigenvalue weighted by Gasteiger charge is -2.36. The number of halogens is 1. The number of benzene rings is 2. The van der Waals surface area contributed by atoms with Crippen molar-refractivity contribution in [2.75, 3.05) is 11.4 Å². The van der Waals surface area contributed by atoms with Gasteiger partial charge in [-0.05, 0) is 99.2 Å². The minimum Gasteiger partial charge on any atom is -0.318 e. The molecule has 3 aromatic rings. The number of aryl methyl sites for hydroxylation is 1. The number of thiocarbonyl (C=S) groups is 1. The Morgan fingerprint density at radius 2 is 1.62 bits per heavy atom. The number of anilines is 1. The number of likely N-dealkylation sites (N-methyl/N-ethyl adjacent to an activating group) is 1. The first kappa shape index (κ1) is 23.4. The maximum atomic E-state index is 13.5. The van der Waals surface area contributed by atoms with Crippen molar-refractivity contribution in [2.45, 2.75) is 20.8 Å². The van der Waals surface area contributed by atoms with Gasteiger partial charge in [0.05, 0.1) is 17.3 Å². The first-order valence-electron chi connectivity index (χ1n) is 10.6. The fourth-order valence-electron chi connectivity index (χ4n) is 4.04. The van der Waals surface area contributed by atoms with Crippen molar-refractivity contribution in [1.29, 1.82) is 5.26 Å². The zero-order valence-corrected chi connectivity index (χ0v) is 20.4. The molecule has 1 aliphatic rings. The SMILES string of the molecule is CCN1C(=O)/C(=C\c2cc(C)n(-c3ccc(C#N)cc3)c2C)C(=O)N(c2ccc(Cl)cc2)C1=S. The van der Waals surface area contributed by atoms with Gasteiger partial charge in [-0.3, -0.25) is 19.4 Å². The number of hydrogen-bond acceptors (Lipinski definition) is 4. The van der Waals surface area contributed by atoms with Crippen LogP contribution in [0.1, 0.15) is 29.4 Å². The molecule has 2 aromatic carbocycles. The molecule has 1 fully saturated rings. The minimum atomic E-state index is -0.481. The Morgan fingerprint density at radius 3 is 2.21 bits per heavy atom. The molecule has 34 heavy (non-hydrogen) atoms. The summed E-state index contributed by atoms with van der Waals surface area (Å²) < 4.78 is 2.02. The topological polar surface area (TPSA) is 69.3 Å². The average molecular weight is 489 g/mol. The normalized spacial score (nSPS) is 15.3. The van der Waals surface area contributed by atoms with Crippen LogP contribution in [0, 0.1) is 25.2 Å². The first-order chi connectivity index (χ1) is 16.3. The second kappa shape index (κ2) is 9.26. The largest absolute Gasteiger partial charge is 0.318 e. The number of nitrogens with zero attached hydrogens (tertiary/aromatic N) is 4. The molecular weight excluding hydrogens is 468 g/mol. The Kier molecular flexibility index (Phi) is 6.38. The van der Waals surface area contributed by atoms with Crippen molar-refractivity contribution in [2.24, 2.45) is 0 Å². The summed E-state index contributed by atoms with van der Waals surface area (Å²) in [7, 11) is 0. The molecule has 2 heterocycles. The third-order valence-corrected chi connectivity index (χ3v) is 6.41. The molecule has 0 aliphatic carbocycles. The lowest BCUT2D eigenvalue weighted by atomic mass is 10.1. The summed E-state index contributed by atoms with van der Waals surface area (Å²) in [6, 6.07) is 18.0. The smallest absolute Gasteiger partial charge is 0.270 e. The summed E-state index contributed by atoms with van der Waals surface area (Å²) >= 11 is 11.5. The average Bonchev–Trinajstić information content (AvgIpc) is 3.11. The standard InChI is InChI=1S/C26H21ClN4O2S/c1-4-29-24(32)23(25(33)31(26(29)34)22-11-7-20(27)8-12-22)14-19-13-16(2)30(17(19)3)21-9-5-18(15-28)6-10-21/h5-14H,4H2,1-3H3/b23-14+. The van der Waals surface area contributed by atoms with Crippen LogP contribution in [0.4, 0.5) is 5.69 Å². The summed E-state index contributed by atoms with van der Waals surface area (Å²) in [5, 5.41) is 9.74. The van der Waals surface area contributed by atoms with Gasteiger partial charge in [-0.25, -0.2) is 0 Å². The van der Waals surface area contributed by atoms with Gasteiger partial charge in [-0.15, -0.1) is 0 Å². The number of carbonyl (C=O) groups excluding carboxylic acids is 2. The maximum Gasteiger partial charge on any atom is 0.270 e. The number of hydrogen-bond donors (Lipinski definition) is 0. The van der Waals surface area contributed by atoms with Crippen LogP contribution in [-0.2, 0) is 9.59 Å². The van der Waals surface area contributed by atoms with E-state index in [-0.39, 0.29) is 10.7 Å². The Morgan fingerprint density at radius 1 is 1.00 bits per heavy atom. The van der Waals surface area contributed by atoms with Crippen LogP contribution >= 0.6 is 23.8 Å². The third kappa shape index (κ3) is 4.03. The second-order valence-corrected chi connectivity index (χ2v) is 8.63. The molecule has 8 heteroatoms. The number of aromatic nitrogens is 1. The molecule has 170 valence electrons. The maximum absolute atomic E-state index is 13.5. The predicted molar refractivity (Wildman–Crippen MR) is 137 cm³/mol. The molecule has 0 saturated carbocycles. The van der Waals surface area contributed by atoms with Crippen molar-refractivity contribution < 1.29 is 9.59 Å². The molecular formula is C26H21ClN4O2S. The highest BCUT2D eigenvalue weighted by atomic mass is 35.5. The Balaban J connectivity index is 1.80. The summed E-state index contributed by atoms with van der Waals surface area (Å²) in [5.74, 6) is -0.906. The van der Waals surface area contributed by atoms with E-state index in [2.05, 4.69) is 6.07 Å². The van der Waals surface area contributed by atoms with E-state index in [0.717, 1.165) is 22.6 Å². The van der Waals surface area contributed by atoms with E-state index in [0.29, 0.717) is 22.8 Å². The number of nitriles is 1. The fourth-order valence-corrected chi connectivity index (χ4v) is 4.57. The van der Waals surface area contributed by atoms with Crippen LogP contribution in [0.2, 0.25) is 5.02 Å². The summed E-state index contributed by atoms with van der Waals surface area (Å²) in [6.07, 6.45) is 1.63. The highest BCUT2D eigenvalue weighted by molar-refractivity contribution is 7.80. The van der Waals surface area contributed by atoms with Crippen LogP contribution in [0.5, 0.6) is 0 Å². The summed E-state index contributed by atoms with van der Waals surface area (Å²) in [6.45, 7) is 6.02. The number of amides is 2. The van der Waals surface area contributed by atoms with Crippen molar-refractivity contribution in [3.8, 4) is 11.8 Å². The fraction of sp³-hybridized carbons (Fsp3) is 0.154. The van der Waals surface area contributed by atoms with Crippen LogP contribution in [-0.4, -0.2) is 32.9 Å². The molecule has 1 saturated heterocycles. The van der Waals surface area contributed by atoms with E-state index < -0.39 is 11.8 Å². The third-order valence-electron chi connectivity index (χ3n) is 5.76. The van der Waals surface area contributed by atoms with Crippen LogP contribution in [0.3, 0.4) is 0 Å². The molecule has 1 aromatic heterocycles. The van der Waals surface area contributed by atoms with Crippen LogP contribution < -0.4 is 4.90 Å².